The van der Waals surface area contributed by atoms with E-state index in [2.05, 4.69) is 10.3 Å². The van der Waals surface area contributed by atoms with Crippen LogP contribution in [0.3, 0.4) is 0 Å². The molecule has 7 heteroatoms. The van der Waals surface area contributed by atoms with Gasteiger partial charge in [0, 0.05) is 37.2 Å². The molecule has 0 saturated carbocycles. The van der Waals surface area contributed by atoms with Gasteiger partial charge < -0.3 is 5.32 Å². The Bertz CT molecular complexity index is 886. The van der Waals surface area contributed by atoms with Gasteiger partial charge in [0.1, 0.15) is 0 Å². The molecule has 1 aliphatic rings. The lowest BCUT2D eigenvalue weighted by Crippen LogP contribution is -2.31. The Morgan fingerprint density at radius 2 is 1.59 bits per heavy atom. The van der Waals surface area contributed by atoms with Crippen molar-refractivity contribution in [3.63, 3.8) is 0 Å². The molecule has 1 aromatic heterocycles. The van der Waals surface area contributed by atoms with Crippen LogP contribution in [0.4, 0.5) is 5.69 Å². The molecule has 1 amide bonds. The first kappa shape index (κ1) is 19.3. The third-order valence-electron chi connectivity index (χ3n) is 4.46. The molecule has 0 spiro atoms. The summed E-state index contributed by atoms with van der Waals surface area (Å²) < 4.78 is 27.1. The maximum absolute atomic E-state index is 12.8. The predicted octanol–water partition coefficient (Wildman–Crippen LogP) is 3.30. The Labute approximate surface area is 160 Å². The van der Waals surface area contributed by atoms with Crippen molar-refractivity contribution >= 4 is 27.7 Å². The summed E-state index contributed by atoms with van der Waals surface area (Å²) >= 11 is 0. The first-order valence-corrected chi connectivity index (χ1v) is 10.5. The number of hydrogen-bond donors (Lipinski definition) is 1. The summed E-state index contributed by atoms with van der Waals surface area (Å²) in [5.74, 6) is -0.262. The number of anilines is 1. The molecule has 2 heterocycles. The van der Waals surface area contributed by atoms with Crippen LogP contribution in [0.25, 0.3) is 6.08 Å². The van der Waals surface area contributed by atoms with Crippen LogP contribution in [0.2, 0.25) is 0 Å². The highest BCUT2D eigenvalue weighted by Crippen LogP contribution is 2.21. The van der Waals surface area contributed by atoms with E-state index in [0.29, 0.717) is 23.7 Å². The van der Waals surface area contributed by atoms with Gasteiger partial charge in [-0.3, -0.25) is 9.78 Å². The van der Waals surface area contributed by atoms with Crippen LogP contribution in [0.5, 0.6) is 0 Å². The number of hydrogen-bond acceptors (Lipinski definition) is 4. The largest absolute Gasteiger partial charge is 0.322 e. The second-order valence-corrected chi connectivity index (χ2v) is 8.38. The van der Waals surface area contributed by atoms with E-state index in [0.717, 1.165) is 31.2 Å². The Morgan fingerprint density at radius 3 is 2.22 bits per heavy atom. The summed E-state index contributed by atoms with van der Waals surface area (Å²) in [6, 6.07) is 10.0. The van der Waals surface area contributed by atoms with Gasteiger partial charge in [-0.05, 0) is 48.7 Å². The van der Waals surface area contributed by atoms with Crippen molar-refractivity contribution in [1.29, 1.82) is 0 Å². The quantitative estimate of drug-likeness (QED) is 0.801. The van der Waals surface area contributed by atoms with E-state index in [1.807, 2.05) is 0 Å². The second kappa shape index (κ2) is 8.92. The van der Waals surface area contributed by atoms with Crippen LogP contribution >= 0.6 is 0 Å². The highest BCUT2D eigenvalue weighted by Gasteiger charge is 2.24. The summed E-state index contributed by atoms with van der Waals surface area (Å²) in [5.41, 5.74) is 1.42. The van der Waals surface area contributed by atoms with Gasteiger partial charge in [-0.1, -0.05) is 25.0 Å². The lowest BCUT2D eigenvalue weighted by Gasteiger charge is -2.19. The molecule has 1 saturated heterocycles. The van der Waals surface area contributed by atoms with Gasteiger partial charge in [-0.2, -0.15) is 4.31 Å². The molecule has 3 rings (SSSR count). The normalized spacial score (nSPS) is 16.1. The summed E-state index contributed by atoms with van der Waals surface area (Å²) in [6.45, 7) is 1.17. The van der Waals surface area contributed by atoms with Crippen molar-refractivity contribution in [2.45, 2.75) is 30.6 Å². The Balaban J connectivity index is 1.65. The maximum Gasteiger partial charge on any atom is 0.248 e. The van der Waals surface area contributed by atoms with E-state index in [1.54, 1.807) is 59.2 Å². The minimum Gasteiger partial charge on any atom is -0.322 e. The van der Waals surface area contributed by atoms with E-state index in [-0.39, 0.29) is 5.91 Å². The van der Waals surface area contributed by atoms with Crippen molar-refractivity contribution in [3.8, 4) is 0 Å². The summed E-state index contributed by atoms with van der Waals surface area (Å²) in [4.78, 5) is 16.1. The van der Waals surface area contributed by atoms with Crippen molar-refractivity contribution in [2.24, 2.45) is 0 Å². The molecule has 0 atom stereocenters. The number of rotatable bonds is 5. The summed E-state index contributed by atoms with van der Waals surface area (Å²) in [7, 11) is -3.45. The van der Waals surface area contributed by atoms with Crippen LogP contribution in [0.1, 0.15) is 31.2 Å². The second-order valence-electron chi connectivity index (χ2n) is 6.45. The molecule has 0 unspecified atom stereocenters. The van der Waals surface area contributed by atoms with Crippen LogP contribution < -0.4 is 5.32 Å². The van der Waals surface area contributed by atoms with Crippen molar-refractivity contribution < 1.29 is 13.2 Å². The average molecular weight is 385 g/mol. The minimum atomic E-state index is -3.45. The predicted molar refractivity (Wildman–Crippen MR) is 106 cm³/mol. The Morgan fingerprint density at radius 1 is 0.963 bits per heavy atom. The van der Waals surface area contributed by atoms with Gasteiger partial charge in [0.2, 0.25) is 15.9 Å². The molecule has 1 aliphatic heterocycles. The lowest BCUT2D eigenvalue weighted by atomic mass is 10.2. The van der Waals surface area contributed by atoms with Crippen molar-refractivity contribution in [3.05, 3.63) is 60.4 Å². The molecule has 1 aromatic carbocycles. The molecule has 0 radical (unpaired) electrons. The number of nitrogens with one attached hydrogen (secondary N) is 1. The number of sulfonamides is 1. The maximum atomic E-state index is 12.8. The highest BCUT2D eigenvalue weighted by atomic mass is 32.2. The first-order chi connectivity index (χ1) is 13.1. The molecule has 6 nitrogen and oxygen atoms in total. The zero-order valence-electron chi connectivity index (χ0n) is 15.0. The fourth-order valence-electron chi connectivity index (χ4n) is 2.97. The van der Waals surface area contributed by atoms with E-state index in [9.17, 15) is 13.2 Å². The molecular formula is C20H23N3O3S. The van der Waals surface area contributed by atoms with Crippen molar-refractivity contribution in [2.75, 3.05) is 18.4 Å². The van der Waals surface area contributed by atoms with Gasteiger partial charge in [-0.15, -0.1) is 0 Å². The first-order valence-electron chi connectivity index (χ1n) is 9.05. The third-order valence-corrected chi connectivity index (χ3v) is 6.37. The van der Waals surface area contributed by atoms with E-state index in [4.69, 9.17) is 0 Å². The number of amides is 1. The molecular weight excluding hydrogens is 362 g/mol. The fraction of sp³-hybridized carbons (Fsp3) is 0.300. The number of benzene rings is 1. The average Bonchev–Trinajstić information content (AvgIpc) is 2.98. The van der Waals surface area contributed by atoms with Crippen LogP contribution in [-0.4, -0.2) is 36.7 Å². The molecule has 2 aromatic rings. The van der Waals surface area contributed by atoms with Gasteiger partial charge in [0.25, 0.3) is 0 Å². The smallest absolute Gasteiger partial charge is 0.248 e. The molecule has 27 heavy (non-hydrogen) atoms. The topological polar surface area (TPSA) is 79.4 Å². The molecule has 0 aliphatic carbocycles. The number of nitrogens with zero attached hydrogens (tertiary/aromatic N) is 2. The van der Waals surface area contributed by atoms with Crippen LogP contribution in [0, 0.1) is 0 Å². The van der Waals surface area contributed by atoms with Gasteiger partial charge in [0.05, 0.1) is 4.90 Å². The summed E-state index contributed by atoms with van der Waals surface area (Å²) in [5, 5.41) is 2.73. The van der Waals surface area contributed by atoms with Gasteiger partial charge in [-0.25, -0.2) is 8.42 Å². The standard InChI is InChI=1S/C20H23N3O3S/c24-20(22-18-11-13-21-14-12-18)10-7-17-5-8-19(9-6-17)27(25,26)23-15-3-1-2-4-16-23/h5-14H,1-4,15-16H2,(H,21,22,24)/b10-7+. The molecule has 1 fully saturated rings. The molecule has 142 valence electrons. The van der Waals surface area contributed by atoms with E-state index in [1.165, 1.54) is 6.08 Å². The summed E-state index contributed by atoms with van der Waals surface area (Å²) in [6.07, 6.45) is 10.2. The van der Waals surface area contributed by atoms with Crippen molar-refractivity contribution in [1.82, 2.24) is 9.29 Å². The lowest BCUT2D eigenvalue weighted by molar-refractivity contribution is -0.111. The van der Waals surface area contributed by atoms with E-state index < -0.39 is 10.0 Å². The van der Waals surface area contributed by atoms with Gasteiger partial charge in [0.15, 0.2) is 0 Å². The fourth-order valence-corrected chi connectivity index (χ4v) is 4.49. The minimum absolute atomic E-state index is 0.262. The monoisotopic (exact) mass is 385 g/mol. The highest BCUT2D eigenvalue weighted by molar-refractivity contribution is 7.89. The molecule has 0 bridgehead atoms. The number of pyridine rings is 1. The van der Waals surface area contributed by atoms with Crippen LogP contribution in [-0.2, 0) is 14.8 Å². The van der Waals surface area contributed by atoms with Gasteiger partial charge >= 0.3 is 0 Å². The number of carbonyl (C=O) groups excluding carboxylic acids is 1. The zero-order valence-corrected chi connectivity index (χ0v) is 15.9. The third kappa shape index (κ3) is 5.24. The number of aromatic nitrogens is 1. The zero-order chi connectivity index (χ0) is 19.1. The van der Waals surface area contributed by atoms with E-state index >= 15 is 0 Å². The number of carbonyl (C=O) groups is 1. The SMILES string of the molecule is O=C(/C=C/c1ccc(S(=O)(=O)N2CCCCCC2)cc1)Nc1ccncc1. The van der Waals surface area contributed by atoms with Crippen LogP contribution in [0.15, 0.2) is 59.8 Å². The Hall–Kier alpha value is -2.51. The molecule has 1 N–H and O–H groups in total. The Kier molecular flexibility index (Phi) is 6.36.